The molecule has 3 aliphatic heterocycles. The summed E-state index contributed by atoms with van der Waals surface area (Å²) in [6.07, 6.45) is -2.01. The number of aliphatic hydroxyl groups is 3. The molecule has 0 aliphatic carbocycles. The number of benzene rings is 1. The van der Waals surface area contributed by atoms with Crippen molar-refractivity contribution < 1.29 is 96.6 Å². The molecule has 3 aliphatic rings. The molecule has 0 aromatic heterocycles. The predicted molar refractivity (Wildman–Crippen MR) is 338 cm³/mol. The fraction of sp³-hybridized carbons (Fsp3) is 0.733. The molecule has 2 aromatic rings. The number of carboxylic acids is 1. The average Bonchev–Trinajstić information content (AvgIpc) is 1.04. The Kier molecular flexibility index (Phi) is 37.3. The van der Waals surface area contributed by atoms with Crippen molar-refractivity contribution in [1.29, 1.82) is 0 Å². The van der Waals surface area contributed by atoms with E-state index in [1.807, 2.05) is 11.8 Å². The summed E-state index contributed by atoms with van der Waals surface area (Å²) >= 11 is 7.78. The quantitative estimate of drug-likeness (QED) is 0.0222. The van der Waals surface area contributed by atoms with E-state index < -0.39 is 77.9 Å². The minimum atomic E-state index is -2.45. The van der Waals surface area contributed by atoms with Gasteiger partial charge in [-0.2, -0.15) is 11.8 Å². The molecule has 5 rings (SSSR count). The maximum absolute atomic E-state index is 12.6. The van der Waals surface area contributed by atoms with Gasteiger partial charge in [-0.05, 0) is 43.4 Å². The van der Waals surface area contributed by atoms with Crippen LogP contribution >= 0.6 is 23.4 Å². The van der Waals surface area contributed by atoms with Crippen LogP contribution in [0.5, 0.6) is 0 Å². The molecule has 32 heteroatoms. The highest BCUT2D eigenvalue weighted by Crippen LogP contribution is 2.35. The number of hydrogen-bond donors (Lipinski definition) is 12. The molecule has 0 saturated carbocycles. The van der Waals surface area contributed by atoms with E-state index in [1.165, 1.54) is 0 Å². The average molecular weight is 1350 g/mol. The molecule has 9 atom stereocenters. The number of carbonyl (C=O) groups is 6. The van der Waals surface area contributed by atoms with Crippen LogP contribution in [-0.4, -0.2) is 260 Å². The van der Waals surface area contributed by atoms with Crippen molar-refractivity contribution >= 4 is 70.4 Å². The summed E-state index contributed by atoms with van der Waals surface area (Å²) in [6, 6.07) is 5.52. The number of ether oxygens (including phenoxy) is 10. The summed E-state index contributed by atoms with van der Waals surface area (Å²) in [5.74, 6) is -4.37. The van der Waals surface area contributed by atoms with Gasteiger partial charge in [0.05, 0.1) is 149 Å². The first kappa shape index (κ1) is 77.3. The number of anilines is 2. The van der Waals surface area contributed by atoms with Crippen LogP contribution in [0.25, 0.3) is 0 Å². The zero-order valence-electron chi connectivity index (χ0n) is 52.4. The topological polar surface area (TPSA) is 406 Å². The van der Waals surface area contributed by atoms with Gasteiger partial charge in [0.2, 0.25) is 23.6 Å². The third kappa shape index (κ3) is 29.1. The highest BCUT2D eigenvalue weighted by atomic mass is 35.5. The fourth-order valence-corrected chi connectivity index (χ4v) is 11.7. The van der Waals surface area contributed by atoms with Crippen LogP contribution in [0.4, 0.5) is 16.2 Å². The second kappa shape index (κ2) is 44.3. The SMILES string of the molecule is CC(=O)N[C@H]1[C@H]([C@H](O)[C@H](O)CNC(=O)Cc2ccc(Cl)cc2)O[C@@](OCCCCCCNc2c(NCCOCCOCCOCCOCCNC(=O)CCOCCOCCOCCOCCNC(=O)CCCC[C@H]3SC[C@H]4NC(=O)N[C@H]43)c(=O)c2=O)(C(=O)O)C[C@@H]1O. The van der Waals surface area contributed by atoms with Gasteiger partial charge in [-0.25, -0.2) is 9.59 Å². The smallest absolute Gasteiger partial charge is 0.364 e. The van der Waals surface area contributed by atoms with Gasteiger partial charge >= 0.3 is 12.0 Å². The maximum Gasteiger partial charge on any atom is 0.364 e. The van der Waals surface area contributed by atoms with Crippen LogP contribution in [0.2, 0.25) is 5.02 Å². The molecule has 3 fully saturated rings. The van der Waals surface area contributed by atoms with Gasteiger partial charge in [-0.3, -0.25) is 28.8 Å². The third-order valence-corrected chi connectivity index (χ3v) is 16.6. The minimum Gasteiger partial charge on any atom is -0.477 e. The number of aliphatic carboxylic acids is 1. The highest BCUT2D eigenvalue weighted by molar-refractivity contribution is 8.00. The zero-order valence-corrected chi connectivity index (χ0v) is 54.0. The Morgan fingerprint density at radius 3 is 1.75 bits per heavy atom. The minimum absolute atomic E-state index is 0.00988. The van der Waals surface area contributed by atoms with Gasteiger partial charge in [0.25, 0.3) is 16.6 Å². The lowest BCUT2D eigenvalue weighted by molar-refractivity contribution is -0.310. The summed E-state index contributed by atoms with van der Waals surface area (Å²) in [6.45, 7) is 7.52. The van der Waals surface area contributed by atoms with Crippen molar-refractivity contribution in [1.82, 2.24) is 31.9 Å². The Morgan fingerprint density at radius 1 is 0.641 bits per heavy atom. The summed E-state index contributed by atoms with van der Waals surface area (Å²) in [5.41, 5.74) is -0.280. The summed E-state index contributed by atoms with van der Waals surface area (Å²) < 4.78 is 55.6. The Labute approximate surface area is 544 Å². The van der Waals surface area contributed by atoms with Crippen molar-refractivity contribution in [2.75, 3.05) is 161 Å². The molecule has 3 heterocycles. The van der Waals surface area contributed by atoms with Crippen LogP contribution in [-0.2, 0) is 77.8 Å². The van der Waals surface area contributed by atoms with Crippen LogP contribution in [0, 0.1) is 0 Å². The van der Waals surface area contributed by atoms with Crippen LogP contribution in [0.1, 0.15) is 76.7 Å². The molecule has 30 nitrogen and oxygen atoms in total. The number of rotatable bonds is 53. The van der Waals surface area contributed by atoms with Gasteiger partial charge < -0.3 is 110 Å². The van der Waals surface area contributed by atoms with Crippen LogP contribution in [0.3, 0.4) is 0 Å². The van der Waals surface area contributed by atoms with E-state index in [-0.39, 0.29) is 80.5 Å². The largest absolute Gasteiger partial charge is 0.477 e. The number of halogens is 1. The number of unbranched alkanes of at least 4 members (excludes halogenated alkanes) is 4. The van der Waals surface area contributed by atoms with Crippen molar-refractivity contribution in [3.8, 4) is 0 Å². The molecular weight excluding hydrogens is 1250 g/mol. The molecule has 6 amide bonds. The van der Waals surface area contributed by atoms with Gasteiger partial charge in [-0.15, -0.1) is 0 Å². The van der Waals surface area contributed by atoms with E-state index in [4.69, 9.17) is 59.0 Å². The number of aliphatic hydroxyl groups excluding tert-OH is 3. The monoisotopic (exact) mass is 1350 g/mol. The first-order valence-electron chi connectivity index (χ1n) is 31.5. The second-order valence-electron chi connectivity index (χ2n) is 22.0. The van der Waals surface area contributed by atoms with Crippen molar-refractivity contribution in [3.63, 3.8) is 0 Å². The Hall–Kier alpha value is -5.36. The molecule has 12 N–H and O–H groups in total. The van der Waals surface area contributed by atoms with E-state index >= 15 is 0 Å². The van der Waals surface area contributed by atoms with Crippen LogP contribution in [0.15, 0.2) is 33.9 Å². The zero-order chi connectivity index (χ0) is 66.4. The lowest BCUT2D eigenvalue weighted by Crippen LogP contribution is -2.68. The van der Waals surface area contributed by atoms with Crippen molar-refractivity contribution in [2.24, 2.45) is 0 Å². The molecule has 0 bridgehead atoms. The highest BCUT2D eigenvalue weighted by Gasteiger charge is 2.56. The Morgan fingerprint density at radius 2 is 1.17 bits per heavy atom. The van der Waals surface area contributed by atoms with Gasteiger partial charge in [-0.1, -0.05) is 43.0 Å². The number of nitrogens with one attached hydrogen (secondary N) is 8. The predicted octanol–water partition coefficient (Wildman–Crippen LogP) is -0.666. The van der Waals surface area contributed by atoms with Crippen molar-refractivity contribution in [2.45, 2.75) is 131 Å². The summed E-state index contributed by atoms with van der Waals surface area (Å²) in [4.78, 5) is 97.5. The lowest BCUT2D eigenvalue weighted by Gasteiger charge is -2.46. The van der Waals surface area contributed by atoms with E-state index in [9.17, 15) is 58.8 Å². The molecule has 0 radical (unpaired) electrons. The lowest BCUT2D eigenvalue weighted by atomic mass is 9.88. The number of urea groups is 1. The molecule has 0 unspecified atom stereocenters. The summed E-state index contributed by atoms with van der Waals surface area (Å²) in [7, 11) is 0. The maximum atomic E-state index is 12.6. The van der Waals surface area contributed by atoms with Crippen molar-refractivity contribution in [3.05, 3.63) is 55.3 Å². The molecule has 520 valence electrons. The molecule has 3 saturated heterocycles. The van der Waals surface area contributed by atoms with Gasteiger partial charge in [0.15, 0.2) is 0 Å². The van der Waals surface area contributed by atoms with Gasteiger partial charge in [0.1, 0.15) is 23.6 Å². The Bertz CT molecular complexity index is 2580. The molecule has 0 spiro atoms. The van der Waals surface area contributed by atoms with E-state index in [0.29, 0.717) is 160 Å². The second-order valence-corrected chi connectivity index (χ2v) is 23.8. The molecular formula is C60H95ClN8O22S. The normalized spacial score (nSPS) is 20.8. The number of thioether (sulfide) groups is 1. The molecule has 2 aromatic carbocycles. The summed E-state index contributed by atoms with van der Waals surface area (Å²) in [5, 5.41) is 66.7. The van der Waals surface area contributed by atoms with E-state index in [2.05, 4.69) is 42.5 Å². The van der Waals surface area contributed by atoms with E-state index in [0.717, 1.165) is 31.9 Å². The number of carboxylic acid groups (broad SMARTS) is 1. The fourth-order valence-electron chi connectivity index (χ4n) is 10.0. The number of carbonyl (C=O) groups excluding carboxylic acids is 5. The Balaban J connectivity index is 0.755. The molecule has 92 heavy (non-hydrogen) atoms. The third-order valence-electron chi connectivity index (χ3n) is 14.9. The number of hydrogen-bond acceptors (Lipinski definition) is 24. The number of fused-ring (bicyclic) bond motifs is 1. The van der Waals surface area contributed by atoms with Crippen LogP contribution < -0.4 is 53.4 Å². The van der Waals surface area contributed by atoms with Gasteiger partial charge in [0, 0.05) is 74.9 Å². The number of amides is 6. The first-order valence-corrected chi connectivity index (χ1v) is 32.9. The standard InChI is InChI=1S/C60H95ClN8O22S/c1-40(70)67-51-44(71)37-60(58(79)80,91-57(51)54(76)45(72)38-66-49(75)36-41-10-12-42(61)13-11-41)90-19-7-3-2-6-15-64-52-53(56(78)55(52)77)65-18-23-85-27-31-89-35-34-88-30-26-84-22-17-63-48(74)14-20-82-24-28-86-32-33-87-29-25-83-21-16-62-47(73)9-5-4-8-46-50-43(39-92-46)68-59(81)69-50/h10-13,43-46,50-51,54,57,64-65,71-72,76H,2-9,14-39H2,1H3,(H,62,73)(H,63,74)(H,66,75)(H,67,70)(H,79,80)(H2,68,69,81)/t43-,44+,45-,46-,50-,51-,54-,57-,60-/m1/s1. The first-order chi connectivity index (χ1) is 44.5. The van der Waals surface area contributed by atoms with E-state index in [1.54, 1.807) is 24.3 Å².